The summed E-state index contributed by atoms with van der Waals surface area (Å²) in [6.45, 7) is 0.574. The minimum absolute atomic E-state index is 0.0545. The lowest BCUT2D eigenvalue weighted by Crippen LogP contribution is -2.32. The molecule has 186 valence electrons. The van der Waals surface area contributed by atoms with E-state index in [1.54, 1.807) is 0 Å². The lowest BCUT2D eigenvalue weighted by Gasteiger charge is -2.17. The third-order valence-electron chi connectivity index (χ3n) is 4.74. The van der Waals surface area contributed by atoms with E-state index in [9.17, 15) is 31.5 Å². The molecule has 1 unspecified atom stereocenters. The maximum Gasteiger partial charge on any atom is 0.573 e. The van der Waals surface area contributed by atoms with Gasteiger partial charge >= 0.3 is 6.36 Å². The van der Waals surface area contributed by atoms with Gasteiger partial charge in [0.1, 0.15) is 16.4 Å². The second kappa shape index (κ2) is 10.3. The van der Waals surface area contributed by atoms with Crippen LogP contribution in [0.25, 0.3) is 0 Å². The van der Waals surface area contributed by atoms with Crippen LogP contribution in [0.2, 0.25) is 0 Å². The Balaban J connectivity index is 1.98. The Morgan fingerprint density at radius 1 is 1.29 bits per heavy atom. The maximum absolute atomic E-state index is 13.0. The molecule has 0 saturated carbocycles. The predicted molar refractivity (Wildman–Crippen MR) is 118 cm³/mol. The molecule has 1 amide bonds. The summed E-state index contributed by atoms with van der Waals surface area (Å²) in [4.78, 5) is 12.2. The highest BCUT2D eigenvalue weighted by molar-refractivity contribution is 9.10. The van der Waals surface area contributed by atoms with E-state index in [-0.39, 0.29) is 23.3 Å². The minimum Gasteiger partial charge on any atom is -0.505 e. The highest BCUT2D eigenvalue weighted by Crippen LogP contribution is 2.37. The van der Waals surface area contributed by atoms with Gasteiger partial charge in [0.05, 0.1) is 24.5 Å². The summed E-state index contributed by atoms with van der Waals surface area (Å²) in [5.41, 5.74) is -1.33. The van der Waals surface area contributed by atoms with Crippen LogP contribution in [0.5, 0.6) is 17.2 Å². The average molecular weight is 569 g/mol. The fraction of sp³-hybridized carbons (Fsp3) is 0.350. The van der Waals surface area contributed by atoms with Gasteiger partial charge in [0.15, 0.2) is 5.75 Å². The van der Waals surface area contributed by atoms with Crippen LogP contribution in [-0.2, 0) is 14.8 Å². The Bertz CT molecular complexity index is 1170. The van der Waals surface area contributed by atoms with Crippen LogP contribution in [0.1, 0.15) is 23.2 Å². The van der Waals surface area contributed by atoms with Crippen LogP contribution in [0.3, 0.4) is 0 Å². The van der Waals surface area contributed by atoms with Gasteiger partial charge in [-0.3, -0.25) is 9.52 Å². The molecule has 0 bridgehead atoms. The van der Waals surface area contributed by atoms with Crippen molar-refractivity contribution in [2.24, 2.45) is 0 Å². The lowest BCUT2D eigenvalue weighted by molar-refractivity contribution is -0.274. The van der Waals surface area contributed by atoms with Crippen molar-refractivity contribution in [2.45, 2.75) is 30.2 Å². The van der Waals surface area contributed by atoms with Crippen LogP contribution in [0, 0.1) is 0 Å². The Morgan fingerprint density at radius 3 is 2.65 bits per heavy atom. The molecule has 3 N–H and O–H groups in total. The molecule has 0 radical (unpaired) electrons. The first kappa shape index (κ1) is 25.9. The molecule has 0 spiro atoms. The fourth-order valence-electron chi connectivity index (χ4n) is 3.22. The zero-order valence-electron chi connectivity index (χ0n) is 17.6. The van der Waals surface area contributed by atoms with Gasteiger partial charge in [-0.2, -0.15) is 0 Å². The number of benzene rings is 2. The number of nitrogens with one attached hydrogen (secondary N) is 2. The molecule has 34 heavy (non-hydrogen) atoms. The van der Waals surface area contributed by atoms with Crippen molar-refractivity contribution in [3.63, 3.8) is 0 Å². The van der Waals surface area contributed by atoms with Gasteiger partial charge in [-0.05, 0) is 37.1 Å². The molecule has 3 rings (SSSR count). The molecular weight excluding hydrogens is 549 g/mol. The monoisotopic (exact) mass is 568 g/mol. The Labute approximate surface area is 201 Å². The molecule has 2 aromatic carbocycles. The number of carbonyl (C=O) groups excluding carboxylic acids is 1. The highest BCUT2D eigenvalue weighted by Gasteiger charge is 2.33. The highest BCUT2D eigenvalue weighted by atomic mass is 79.9. The molecule has 14 heteroatoms. The predicted octanol–water partition coefficient (Wildman–Crippen LogP) is 3.77. The van der Waals surface area contributed by atoms with E-state index >= 15 is 0 Å². The number of sulfonamides is 1. The third-order valence-corrected chi connectivity index (χ3v) is 6.62. The second-order valence-corrected chi connectivity index (χ2v) is 9.73. The van der Waals surface area contributed by atoms with Crippen LogP contribution < -0.4 is 19.5 Å². The summed E-state index contributed by atoms with van der Waals surface area (Å²) in [5.74, 6) is -2.81. The SMILES string of the molecule is COc1ccc(Br)cc1S(=O)(=O)Nc1cc(OC(F)(F)F)cc(C(=O)NCC2CCCO2)c1O. The molecule has 1 heterocycles. The molecule has 1 aliphatic rings. The van der Waals surface area contributed by atoms with E-state index in [1.807, 2.05) is 4.72 Å². The zero-order chi connectivity index (χ0) is 25.1. The van der Waals surface area contributed by atoms with Crippen LogP contribution in [0.4, 0.5) is 18.9 Å². The van der Waals surface area contributed by atoms with Gasteiger partial charge < -0.3 is 24.6 Å². The zero-order valence-corrected chi connectivity index (χ0v) is 20.0. The normalized spacial score (nSPS) is 16.2. The van der Waals surface area contributed by atoms with Crippen molar-refractivity contribution in [3.8, 4) is 17.2 Å². The van der Waals surface area contributed by atoms with Crippen molar-refractivity contribution in [1.82, 2.24) is 5.32 Å². The molecule has 1 fully saturated rings. The second-order valence-electron chi connectivity index (χ2n) is 7.16. The average Bonchev–Trinajstić information content (AvgIpc) is 3.26. The Morgan fingerprint density at radius 2 is 2.03 bits per heavy atom. The maximum atomic E-state index is 13.0. The smallest absolute Gasteiger partial charge is 0.505 e. The Kier molecular flexibility index (Phi) is 7.83. The fourth-order valence-corrected chi connectivity index (χ4v) is 4.98. The van der Waals surface area contributed by atoms with Crippen LogP contribution >= 0.6 is 15.9 Å². The van der Waals surface area contributed by atoms with Gasteiger partial charge in [0.25, 0.3) is 15.9 Å². The number of phenolic OH excluding ortho intramolecular Hbond substituents is 1. The first-order valence-corrected chi connectivity index (χ1v) is 12.1. The summed E-state index contributed by atoms with van der Waals surface area (Å²) in [6, 6.07) is 5.34. The summed E-state index contributed by atoms with van der Waals surface area (Å²) in [7, 11) is -3.25. The van der Waals surface area contributed by atoms with Crippen molar-refractivity contribution in [3.05, 3.63) is 40.4 Å². The number of alkyl halides is 3. The molecular formula is C20H20BrF3N2O7S. The standard InChI is InChI=1S/C20H20BrF3N2O7S/c1-31-16-5-4-11(21)7-17(16)34(29,30)26-15-9-13(33-20(22,23)24)8-14(18(15)27)19(28)25-10-12-3-2-6-32-12/h4-5,7-9,12,26-27H,2-3,6,10H2,1H3,(H,25,28). The molecule has 0 aliphatic carbocycles. The van der Waals surface area contributed by atoms with Crippen molar-refractivity contribution >= 4 is 37.5 Å². The molecule has 9 nitrogen and oxygen atoms in total. The number of hydrogen-bond donors (Lipinski definition) is 3. The number of anilines is 1. The van der Waals surface area contributed by atoms with Crippen LogP contribution in [-0.4, -0.2) is 52.2 Å². The van der Waals surface area contributed by atoms with Gasteiger partial charge in [0, 0.05) is 23.7 Å². The lowest BCUT2D eigenvalue weighted by atomic mass is 10.1. The molecule has 2 aromatic rings. The summed E-state index contributed by atoms with van der Waals surface area (Å²) >= 11 is 3.13. The van der Waals surface area contributed by atoms with Gasteiger partial charge in [-0.25, -0.2) is 8.42 Å². The molecule has 1 aliphatic heterocycles. The minimum atomic E-state index is -5.13. The largest absolute Gasteiger partial charge is 0.573 e. The first-order chi connectivity index (χ1) is 15.9. The topological polar surface area (TPSA) is 123 Å². The number of hydrogen-bond acceptors (Lipinski definition) is 7. The van der Waals surface area contributed by atoms with Crippen molar-refractivity contribution in [1.29, 1.82) is 0 Å². The van der Waals surface area contributed by atoms with E-state index in [1.165, 1.54) is 25.3 Å². The number of phenols is 1. The number of ether oxygens (including phenoxy) is 3. The number of halogens is 4. The van der Waals surface area contributed by atoms with Crippen LogP contribution in [0.15, 0.2) is 39.7 Å². The van der Waals surface area contributed by atoms with Gasteiger partial charge in [-0.15, -0.1) is 13.2 Å². The summed E-state index contributed by atoms with van der Waals surface area (Å²) < 4.78 is 81.1. The third kappa shape index (κ3) is 6.45. The number of rotatable bonds is 8. The number of amides is 1. The molecule has 1 saturated heterocycles. The summed E-state index contributed by atoms with van der Waals surface area (Å²) in [5, 5.41) is 13.0. The first-order valence-electron chi connectivity index (χ1n) is 9.78. The molecule has 1 atom stereocenters. The van der Waals surface area contributed by atoms with E-state index in [2.05, 4.69) is 26.0 Å². The number of aromatic hydroxyl groups is 1. The van der Waals surface area contributed by atoms with Crippen molar-refractivity contribution < 1.29 is 45.7 Å². The van der Waals surface area contributed by atoms with E-state index in [4.69, 9.17) is 9.47 Å². The van der Waals surface area contributed by atoms with Gasteiger partial charge in [0.2, 0.25) is 0 Å². The van der Waals surface area contributed by atoms with E-state index in [0.717, 1.165) is 6.42 Å². The Hall–Kier alpha value is -2.71. The number of carbonyl (C=O) groups is 1. The van der Waals surface area contributed by atoms with Gasteiger partial charge in [-0.1, -0.05) is 15.9 Å². The summed E-state index contributed by atoms with van der Waals surface area (Å²) in [6.07, 6.45) is -3.93. The number of methoxy groups -OCH3 is 1. The van der Waals surface area contributed by atoms with E-state index < -0.39 is 45.0 Å². The van der Waals surface area contributed by atoms with E-state index in [0.29, 0.717) is 29.6 Å². The van der Waals surface area contributed by atoms with Crippen molar-refractivity contribution in [2.75, 3.05) is 25.0 Å². The quantitative estimate of drug-likeness (QED) is 0.414. The molecule has 0 aromatic heterocycles.